The summed E-state index contributed by atoms with van der Waals surface area (Å²) >= 11 is 0. The molecular formula is C9H16N2O5. The Hall–Kier alpha value is -1.79. The molecule has 0 saturated carbocycles. The Bertz CT molecular complexity index is 279. The van der Waals surface area contributed by atoms with E-state index < -0.39 is 30.1 Å². The lowest BCUT2D eigenvalue weighted by Crippen LogP contribution is -2.49. The molecule has 7 heteroatoms. The number of nitrogens with one attached hydrogen (secondary N) is 2. The topological polar surface area (TPSA) is 105 Å². The van der Waals surface area contributed by atoms with Gasteiger partial charge in [-0.05, 0) is 20.8 Å². The lowest BCUT2D eigenvalue weighted by molar-refractivity contribution is -0.144. The number of amides is 2. The molecule has 0 saturated heterocycles. The molecule has 0 aromatic rings. The van der Waals surface area contributed by atoms with Crippen LogP contribution in [-0.2, 0) is 14.3 Å². The molecule has 0 aliphatic heterocycles. The summed E-state index contributed by atoms with van der Waals surface area (Å²) in [5.41, 5.74) is 0. The van der Waals surface area contributed by atoms with Crippen molar-refractivity contribution >= 4 is 18.0 Å². The third-order valence-corrected chi connectivity index (χ3v) is 1.71. The van der Waals surface area contributed by atoms with Crippen molar-refractivity contribution in [2.75, 3.05) is 6.61 Å². The highest BCUT2D eigenvalue weighted by molar-refractivity contribution is 5.86. The Morgan fingerprint density at radius 1 is 1.19 bits per heavy atom. The lowest BCUT2D eigenvalue weighted by atomic mass is 10.3. The number of rotatable bonds is 5. The van der Waals surface area contributed by atoms with Gasteiger partial charge in [0.05, 0.1) is 6.61 Å². The number of carboxylic acid groups (broad SMARTS) is 1. The van der Waals surface area contributed by atoms with Crippen LogP contribution in [-0.4, -0.2) is 41.8 Å². The molecule has 2 unspecified atom stereocenters. The van der Waals surface area contributed by atoms with Crippen molar-refractivity contribution in [3.05, 3.63) is 0 Å². The number of carbonyl (C=O) groups is 3. The first-order valence-corrected chi connectivity index (χ1v) is 4.85. The predicted molar refractivity (Wildman–Crippen MR) is 54.9 cm³/mol. The third kappa shape index (κ3) is 5.18. The number of hydrogen-bond donors (Lipinski definition) is 3. The van der Waals surface area contributed by atoms with E-state index in [4.69, 9.17) is 5.11 Å². The molecule has 0 aliphatic carbocycles. The van der Waals surface area contributed by atoms with E-state index in [1.807, 2.05) is 0 Å². The zero-order valence-electron chi connectivity index (χ0n) is 9.44. The maximum absolute atomic E-state index is 11.2. The van der Waals surface area contributed by atoms with Crippen LogP contribution in [0, 0.1) is 0 Å². The molecule has 0 rings (SSSR count). The second-order valence-electron chi connectivity index (χ2n) is 3.15. The molecule has 0 spiro atoms. The van der Waals surface area contributed by atoms with E-state index in [1.54, 1.807) is 6.92 Å². The van der Waals surface area contributed by atoms with Crippen LogP contribution in [0.3, 0.4) is 0 Å². The standard InChI is InChI=1S/C9H16N2O5/c1-4-16-8(14)6(3)11-9(15)10-5(2)7(12)13/h5-6H,4H2,1-3H3,(H,12,13)(H2,10,11,15). The molecule has 0 aromatic carbocycles. The summed E-state index contributed by atoms with van der Waals surface area (Å²) in [5, 5.41) is 12.9. The van der Waals surface area contributed by atoms with Gasteiger partial charge in [-0.1, -0.05) is 0 Å². The van der Waals surface area contributed by atoms with Gasteiger partial charge < -0.3 is 20.5 Å². The number of carbonyl (C=O) groups excluding carboxylic acids is 2. The SMILES string of the molecule is CCOC(=O)C(C)NC(=O)NC(C)C(=O)O. The van der Waals surface area contributed by atoms with Gasteiger partial charge in [-0.2, -0.15) is 0 Å². The van der Waals surface area contributed by atoms with Gasteiger partial charge in [-0.3, -0.25) is 4.79 Å². The van der Waals surface area contributed by atoms with Crippen LogP contribution in [0.4, 0.5) is 4.79 Å². The number of ether oxygens (including phenoxy) is 1. The minimum absolute atomic E-state index is 0.220. The summed E-state index contributed by atoms with van der Waals surface area (Å²) in [6.07, 6.45) is 0. The molecule has 2 atom stereocenters. The molecule has 3 N–H and O–H groups in total. The number of esters is 1. The summed E-state index contributed by atoms with van der Waals surface area (Å²) in [6, 6.07) is -2.56. The molecule has 16 heavy (non-hydrogen) atoms. The van der Waals surface area contributed by atoms with Crippen molar-refractivity contribution in [1.29, 1.82) is 0 Å². The molecule has 0 aromatic heterocycles. The Balaban J connectivity index is 4.05. The lowest BCUT2D eigenvalue weighted by Gasteiger charge is -2.14. The van der Waals surface area contributed by atoms with Crippen LogP contribution < -0.4 is 10.6 Å². The molecule has 0 fully saturated rings. The minimum Gasteiger partial charge on any atom is -0.480 e. The van der Waals surface area contributed by atoms with Gasteiger partial charge in [0.25, 0.3) is 0 Å². The summed E-state index contributed by atoms with van der Waals surface area (Å²) < 4.78 is 4.66. The van der Waals surface area contributed by atoms with Crippen LogP contribution in [0.25, 0.3) is 0 Å². The fraction of sp³-hybridized carbons (Fsp3) is 0.667. The normalized spacial score (nSPS) is 13.4. The largest absolute Gasteiger partial charge is 0.480 e. The van der Waals surface area contributed by atoms with E-state index in [0.717, 1.165) is 0 Å². The third-order valence-electron chi connectivity index (χ3n) is 1.71. The molecule has 7 nitrogen and oxygen atoms in total. The monoisotopic (exact) mass is 232 g/mol. The van der Waals surface area contributed by atoms with Crippen LogP contribution in [0.1, 0.15) is 20.8 Å². The molecule has 0 bridgehead atoms. The van der Waals surface area contributed by atoms with Crippen molar-refractivity contribution in [2.24, 2.45) is 0 Å². The number of hydrogen-bond acceptors (Lipinski definition) is 4. The zero-order valence-corrected chi connectivity index (χ0v) is 9.44. The molecular weight excluding hydrogens is 216 g/mol. The molecule has 2 amide bonds. The smallest absolute Gasteiger partial charge is 0.328 e. The fourth-order valence-corrected chi connectivity index (χ4v) is 0.823. The second kappa shape index (κ2) is 6.65. The maximum Gasteiger partial charge on any atom is 0.328 e. The van der Waals surface area contributed by atoms with Crippen LogP contribution >= 0.6 is 0 Å². The average Bonchev–Trinajstić information content (AvgIpc) is 2.17. The van der Waals surface area contributed by atoms with Gasteiger partial charge in [-0.15, -0.1) is 0 Å². The van der Waals surface area contributed by atoms with Crippen LogP contribution in [0.15, 0.2) is 0 Å². The van der Waals surface area contributed by atoms with Gasteiger partial charge in [0.1, 0.15) is 12.1 Å². The van der Waals surface area contributed by atoms with Gasteiger partial charge in [0.15, 0.2) is 0 Å². The Labute approximate surface area is 93.2 Å². The number of aliphatic carboxylic acids is 1. The predicted octanol–water partition coefficient (Wildman–Crippen LogP) is -0.290. The Kier molecular flexibility index (Phi) is 5.91. The molecule has 92 valence electrons. The van der Waals surface area contributed by atoms with Crippen molar-refractivity contribution in [3.8, 4) is 0 Å². The highest BCUT2D eigenvalue weighted by Crippen LogP contribution is 1.88. The fourth-order valence-electron chi connectivity index (χ4n) is 0.823. The molecule has 0 radical (unpaired) electrons. The Morgan fingerprint density at radius 2 is 1.69 bits per heavy atom. The van der Waals surface area contributed by atoms with Gasteiger partial charge >= 0.3 is 18.0 Å². The first kappa shape index (κ1) is 14.2. The van der Waals surface area contributed by atoms with E-state index in [1.165, 1.54) is 13.8 Å². The first-order valence-electron chi connectivity index (χ1n) is 4.85. The summed E-state index contributed by atoms with van der Waals surface area (Å²) in [6.45, 7) is 4.63. The summed E-state index contributed by atoms with van der Waals surface area (Å²) in [4.78, 5) is 32.7. The second-order valence-corrected chi connectivity index (χ2v) is 3.15. The van der Waals surface area contributed by atoms with Gasteiger partial charge in [-0.25, -0.2) is 9.59 Å². The average molecular weight is 232 g/mol. The van der Waals surface area contributed by atoms with Gasteiger partial charge in [0, 0.05) is 0 Å². The molecule has 0 aliphatic rings. The van der Waals surface area contributed by atoms with Crippen LogP contribution in [0.5, 0.6) is 0 Å². The van der Waals surface area contributed by atoms with Crippen molar-refractivity contribution in [3.63, 3.8) is 0 Å². The Morgan fingerprint density at radius 3 is 2.12 bits per heavy atom. The summed E-state index contributed by atoms with van der Waals surface area (Å²) in [5.74, 6) is -1.72. The van der Waals surface area contributed by atoms with E-state index in [2.05, 4.69) is 15.4 Å². The highest BCUT2D eigenvalue weighted by atomic mass is 16.5. The first-order chi connectivity index (χ1) is 7.38. The number of urea groups is 1. The quantitative estimate of drug-likeness (QED) is 0.565. The van der Waals surface area contributed by atoms with E-state index in [0.29, 0.717) is 0 Å². The van der Waals surface area contributed by atoms with E-state index in [-0.39, 0.29) is 6.61 Å². The van der Waals surface area contributed by atoms with Crippen molar-refractivity contribution < 1.29 is 24.2 Å². The molecule has 0 heterocycles. The minimum atomic E-state index is -1.15. The van der Waals surface area contributed by atoms with E-state index in [9.17, 15) is 14.4 Å². The zero-order chi connectivity index (χ0) is 12.7. The highest BCUT2D eigenvalue weighted by Gasteiger charge is 2.19. The summed E-state index contributed by atoms with van der Waals surface area (Å²) in [7, 11) is 0. The van der Waals surface area contributed by atoms with Crippen molar-refractivity contribution in [2.45, 2.75) is 32.9 Å². The van der Waals surface area contributed by atoms with Gasteiger partial charge in [0.2, 0.25) is 0 Å². The van der Waals surface area contributed by atoms with E-state index >= 15 is 0 Å². The van der Waals surface area contributed by atoms with Crippen LogP contribution in [0.2, 0.25) is 0 Å². The van der Waals surface area contributed by atoms with Crippen molar-refractivity contribution in [1.82, 2.24) is 10.6 Å². The maximum atomic E-state index is 11.2. The number of carboxylic acids is 1.